The maximum Gasteiger partial charge on any atom is 0.239 e. The Labute approximate surface area is 140 Å². The first-order valence-electron chi connectivity index (χ1n) is 8.30. The molecule has 1 aromatic rings. The third-order valence-corrected chi connectivity index (χ3v) is 4.49. The van der Waals surface area contributed by atoms with Gasteiger partial charge in [-0.15, -0.1) is 0 Å². The second kappa shape index (κ2) is 7.72. The third-order valence-electron chi connectivity index (χ3n) is 4.49. The number of nitrogens with zero attached hydrogens (tertiary/aromatic N) is 2. The molecule has 3 rings (SSSR count). The zero-order valence-electron chi connectivity index (χ0n) is 13.5. The number of nitrogens with one attached hydrogen (secondary N) is 1. The molecule has 2 heterocycles. The fourth-order valence-electron chi connectivity index (χ4n) is 3.09. The molecular formula is C17H22FN3O3. The average molecular weight is 335 g/mol. The van der Waals surface area contributed by atoms with Crippen molar-refractivity contribution >= 4 is 17.5 Å². The van der Waals surface area contributed by atoms with E-state index in [1.807, 2.05) is 0 Å². The van der Waals surface area contributed by atoms with Gasteiger partial charge in [-0.05, 0) is 30.7 Å². The van der Waals surface area contributed by atoms with Gasteiger partial charge in [-0.2, -0.15) is 0 Å². The van der Waals surface area contributed by atoms with E-state index < -0.39 is 5.92 Å². The van der Waals surface area contributed by atoms with Crippen LogP contribution in [-0.2, 0) is 14.3 Å². The monoisotopic (exact) mass is 335 g/mol. The average Bonchev–Trinajstić information content (AvgIpc) is 2.98. The van der Waals surface area contributed by atoms with Gasteiger partial charge < -0.3 is 15.0 Å². The Kier molecular flexibility index (Phi) is 5.42. The van der Waals surface area contributed by atoms with E-state index in [9.17, 15) is 14.0 Å². The number of anilines is 1. The molecule has 2 aliphatic heterocycles. The smallest absolute Gasteiger partial charge is 0.239 e. The third kappa shape index (κ3) is 3.91. The second-order valence-corrected chi connectivity index (χ2v) is 6.05. The van der Waals surface area contributed by atoms with Crippen LogP contribution in [0.2, 0.25) is 0 Å². The maximum absolute atomic E-state index is 13.0. The lowest BCUT2D eigenvalue weighted by Crippen LogP contribution is -2.43. The van der Waals surface area contributed by atoms with Gasteiger partial charge in [0.05, 0.1) is 13.2 Å². The molecule has 2 aliphatic rings. The van der Waals surface area contributed by atoms with Crippen molar-refractivity contribution in [3.8, 4) is 0 Å². The molecule has 0 aliphatic carbocycles. The number of hydrogen-bond donors (Lipinski definition) is 1. The number of hydrogen-bond acceptors (Lipinski definition) is 4. The lowest BCUT2D eigenvalue weighted by atomic mass is 10.1. The van der Waals surface area contributed by atoms with Crippen molar-refractivity contribution < 1.29 is 18.7 Å². The van der Waals surface area contributed by atoms with Crippen molar-refractivity contribution in [2.75, 3.05) is 50.8 Å². The van der Waals surface area contributed by atoms with Crippen LogP contribution in [0.5, 0.6) is 0 Å². The first-order valence-corrected chi connectivity index (χ1v) is 8.30. The van der Waals surface area contributed by atoms with Crippen LogP contribution in [0.15, 0.2) is 24.3 Å². The summed E-state index contributed by atoms with van der Waals surface area (Å²) in [5, 5.41) is 2.85. The fraction of sp³-hybridized carbons (Fsp3) is 0.529. The number of carbonyl (C=O) groups excluding carboxylic acids is 2. The molecule has 1 aromatic carbocycles. The second-order valence-electron chi connectivity index (χ2n) is 6.05. The molecule has 24 heavy (non-hydrogen) atoms. The lowest BCUT2D eigenvalue weighted by molar-refractivity contribution is -0.132. The summed E-state index contributed by atoms with van der Waals surface area (Å²) in [6, 6.07) is 5.76. The maximum atomic E-state index is 13.0. The summed E-state index contributed by atoms with van der Waals surface area (Å²) in [5.74, 6) is -1.44. The van der Waals surface area contributed by atoms with E-state index in [0.29, 0.717) is 25.2 Å². The Morgan fingerprint density at radius 3 is 2.62 bits per heavy atom. The van der Waals surface area contributed by atoms with Gasteiger partial charge in [-0.1, -0.05) is 0 Å². The van der Waals surface area contributed by atoms with Crippen molar-refractivity contribution in [2.24, 2.45) is 5.92 Å². The minimum absolute atomic E-state index is 0.217. The first kappa shape index (κ1) is 16.9. The normalized spacial score (nSPS) is 22.0. The van der Waals surface area contributed by atoms with Crippen molar-refractivity contribution in [2.45, 2.75) is 6.42 Å². The first-order chi connectivity index (χ1) is 11.6. The number of rotatable bonds is 5. The van der Waals surface area contributed by atoms with Gasteiger partial charge in [0, 0.05) is 38.4 Å². The van der Waals surface area contributed by atoms with E-state index in [1.165, 1.54) is 12.1 Å². The molecule has 0 saturated carbocycles. The van der Waals surface area contributed by atoms with Gasteiger partial charge in [0.1, 0.15) is 11.7 Å². The molecule has 0 spiro atoms. The van der Waals surface area contributed by atoms with Crippen molar-refractivity contribution in [3.05, 3.63) is 30.1 Å². The molecule has 2 amide bonds. The molecule has 0 aromatic heterocycles. The topological polar surface area (TPSA) is 61.9 Å². The van der Waals surface area contributed by atoms with Crippen molar-refractivity contribution in [1.82, 2.24) is 10.2 Å². The zero-order chi connectivity index (χ0) is 16.9. The minimum atomic E-state index is -0.653. The zero-order valence-corrected chi connectivity index (χ0v) is 13.5. The van der Waals surface area contributed by atoms with Crippen LogP contribution in [0.3, 0.4) is 0 Å². The van der Waals surface area contributed by atoms with Gasteiger partial charge in [0.25, 0.3) is 0 Å². The molecule has 6 nitrogen and oxygen atoms in total. The van der Waals surface area contributed by atoms with Crippen molar-refractivity contribution in [3.63, 3.8) is 0 Å². The molecular weight excluding hydrogens is 313 g/mol. The minimum Gasteiger partial charge on any atom is -0.379 e. The predicted octanol–water partition coefficient (Wildman–Crippen LogP) is 0.627. The Balaban J connectivity index is 1.49. The Morgan fingerprint density at radius 1 is 1.21 bits per heavy atom. The molecule has 130 valence electrons. The number of ether oxygens (including phenoxy) is 1. The molecule has 7 heteroatoms. The summed E-state index contributed by atoms with van der Waals surface area (Å²) in [6.45, 7) is 4.96. The van der Waals surface area contributed by atoms with E-state index in [1.54, 1.807) is 17.0 Å². The highest BCUT2D eigenvalue weighted by molar-refractivity contribution is 6.09. The van der Waals surface area contributed by atoms with Crippen molar-refractivity contribution in [1.29, 1.82) is 0 Å². The standard InChI is InChI=1S/C17H22FN3O3/c18-13-1-3-14(4-2-13)21-7-5-15(17(21)23)16(22)19-6-8-20-9-11-24-12-10-20/h1-4,15H,5-12H2,(H,19,22). The number of benzene rings is 1. The number of amides is 2. The summed E-state index contributed by atoms with van der Waals surface area (Å²) in [6.07, 6.45) is 0.486. The van der Waals surface area contributed by atoms with Crippen LogP contribution < -0.4 is 10.2 Å². The van der Waals surface area contributed by atoms with E-state index >= 15 is 0 Å². The highest BCUT2D eigenvalue weighted by Gasteiger charge is 2.37. The molecule has 0 bridgehead atoms. The number of carbonyl (C=O) groups is 2. The van der Waals surface area contributed by atoms with Crippen LogP contribution >= 0.6 is 0 Å². The van der Waals surface area contributed by atoms with E-state index in [2.05, 4.69) is 10.2 Å². The van der Waals surface area contributed by atoms with Crippen LogP contribution in [0.4, 0.5) is 10.1 Å². The van der Waals surface area contributed by atoms with Gasteiger partial charge in [0.2, 0.25) is 11.8 Å². The Hall–Kier alpha value is -1.99. The Morgan fingerprint density at radius 2 is 1.92 bits per heavy atom. The number of halogens is 1. The fourth-order valence-corrected chi connectivity index (χ4v) is 3.09. The van der Waals surface area contributed by atoms with Crippen LogP contribution in [0, 0.1) is 11.7 Å². The molecule has 2 fully saturated rings. The van der Waals surface area contributed by atoms with Crippen LogP contribution in [0.1, 0.15) is 6.42 Å². The highest BCUT2D eigenvalue weighted by atomic mass is 19.1. The summed E-state index contributed by atoms with van der Waals surface area (Å²) < 4.78 is 18.3. The molecule has 1 unspecified atom stereocenters. The van der Waals surface area contributed by atoms with Crippen LogP contribution in [-0.4, -0.2) is 62.7 Å². The molecule has 1 N–H and O–H groups in total. The van der Waals surface area contributed by atoms with E-state index in [4.69, 9.17) is 4.74 Å². The van der Waals surface area contributed by atoms with Gasteiger partial charge in [0.15, 0.2) is 0 Å². The largest absolute Gasteiger partial charge is 0.379 e. The van der Waals surface area contributed by atoms with Crippen LogP contribution in [0.25, 0.3) is 0 Å². The molecule has 1 atom stereocenters. The lowest BCUT2D eigenvalue weighted by Gasteiger charge is -2.26. The summed E-state index contributed by atoms with van der Waals surface area (Å²) in [5.41, 5.74) is 0.630. The van der Waals surface area contributed by atoms with E-state index in [0.717, 1.165) is 32.8 Å². The summed E-state index contributed by atoms with van der Waals surface area (Å²) in [7, 11) is 0. The summed E-state index contributed by atoms with van der Waals surface area (Å²) in [4.78, 5) is 28.5. The Bertz CT molecular complexity index is 587. The molecule has 0 radical (unpaired) electrons. The van der Waals surface area contributed by atoms with Gasteiger partial charge >= 0.3 is 0 Å². The number of morpholine rings is 1. The highest BCUT2D eigenvalue weighted by Crippen LogP contribution is 2.25. The van der Waals surface area contributed by atoms with Gasteiger partial charge in [-0.25, -0.2) is 4.39 Å². The SMILES string of the molecule is O=C(NCCN1CCOCC1)C1CCN(c2ccc(F)cc2)C1=O. The van der Waals surface area contributed by atoms with Gasteiger partial charge in [-0.3, -0.25) is 14.5 Å². The quantitative estimate of drug-likeness (QED) is 0.802. The van der Waals surface area contributed by atoms with E-state index in [-0.39, 0.29) is 17.6 Å². The molecule has 2 saturated heterocycles. The predicted molar refractivity (Wildman–Crippen MR) is 87.1 cm³/mol. The summed E-state index contributed by atoms with van der Waals surface area (Å²) >= 11 is 0.